The number of para-hydroxylation sites is 1. The average Bonchev–Trinajstić information content (AvgIpc) is 2.65. The molecule has 0 aliphatic rings. The molecule has 0 aromatic heterocycles. The highest BCUT2D eigenvalue weighted by Crippen LogP contribution is 2.14. The topological polar surface area (TPSA) is 100 Å². The largest absolute Gasteiger partial charge is 0.497 e. The van der Waals surface area contributed by atoms with Crippen LogP contribution >= 0.6 is 0 Å². The van der Waals surface area contributed by atoms with E-state index in [1.165, 1.54) is 0 Å². The normalized spacial score (nSPS) is 9.84. The molecule has 0 saturated heterocycles. The van der Waals surface area contributed by atoms with Crippen molar-refractivity contribution in [3.8, 4) is 5.75 Å². The van der Waals surface area contributed by atoms with Gasteiger partial charge in [-0.05, 0) is 36.4 Å². The first-order valence-electron chi connectivity index (χ1n) is 7.50. The molecule has 25 heavy (non-hydrogen) atoms. The van der Waals surface area contributed by atoms with Crippen LogP contribution in [0.25, 0.3) is 0 Å². The number of anilines is 2. The van der Waals surface area contributed by atoms with Gasteiger partial charge < -0.3 is 20.1 Å². The first-order chi connectivity index (χ1) is 12.1. The number of rotatable bonds is 6. The SMILES string of the molecule is COc1ccc(NC(=O)NCCOC(=O)N(O)c2ccccc2)cc1. The molecular weight excluding hydrogens is 326 g/mol. The minimum Gasteiger partial charge on any atom is -0.497 e. The molecular formula is C17H19N3O5. The van der Waals surface area contributed by atoms with Crippen molar-refractivity contribution in [2.75, 3.05) is 30.6 Å². The Morgan fingerprint density at radius 2 is 1.76 bits per heavy atom. The molecule has 0 bridgehead atoms. The van der Waals surface area contributed by atoms with Crippen LogP contribution < -0.4 is 20.4 Å². The van der Waals surface area contributed by atoms with Gasteiger partial charge in [-0.1, -0.05) is 18.2 Å². The molecule has 0 fully saturated rings. The van der Waals surface area contributed by atoms with E-state index >= 15 is 0 Å². The van der Waals surface area contributed by atoms with Gasteiger partial charge in [0, 0.05) is 5.69 Å². The third-order valence-electron chi connectivity index (χ3n) is 3.13. The second kappa shape index (κ2) is 9.14. The molecule has 0 aliphatic carbocycles. The first kappa shape index (κ1) is 18.1. The summed E-state index contributed by atoms with van der Waals surface area (Å²) in [6, 6.07) is 14.6. The van der Waals surface area contributed by atoms with E-state index in [-0.39, 0.29) is 18.8 Å². The number of nitrogens with one attached hydrogen (secondary N) is 2. The van der Waals surface area contributed by atoms with E-state index in [1.54, 1.807) is 61.7 Å². The third kappa shape index (κ3) is 5.70. The fourth-order valence-electron chi connectivity index (χ4n) is 1.89. The molecule has 0 heterocycles. The maximum Gasteiger partial charge on any atom is 0.438 e. The van der Waals surface area contributed by atoms with Crippen molar-refractivity contribution in [3.63, 3.8) is 0 Å². The maximum absolute atomic E-state index is 11.7. The van der Waals surface area contributed by atoms with Gasteiger partial charge in [0.1, 0.15) is 12.4 Å². The molecule has 2 rings (SSSR count). The smallest absolute Gasteiger partial charge is 0.438 e. The lowest BCUT2D eigenvalue weighted by Crippen LogP contribution is -2.34. The lowest BCUT2D eigenvalue weighted by Gasteiger charge is -2.15. The molecule has 8 heteroatoms. The molecule has 3 N–H and O–H groups in total. The van der Waals surface area contributed by atoms with Gasteiger partial charge in [-0.25, -0.2) is 9.59 Å². The Morgan fingerprint density at radius 1 is 1.08 bits per heavy atom. The highest BCUT2D eigenvalue weighted by molar-refractivity contribution is 5.89. The van der Waals surface area contributed by atoms with Crippen LogP contribution in [0.4, 0.5) is 21.0 Å². The molecule has 2 aromatic carbocycles. The number of benzene rings is 2. The summed E-state index contributed by atoms with van der Waals surface area (Å²) in [5.74, 6) is 0.685. The molecule has 8 nitrogen and oxygen atoms in total. The average molecular weight is 345 g/mol. The molecule has 0 spiro atoms. The Hall–Kier alpha value is -3.26. The van der Waals surface area contributed by atoms with Crippen LogP contribution in [0, 0.1) is 0 Å². The molecule has 0 radical (unpaired) electrons. The van der Waals surface area contributed by atoms with Crippen molar-refractivity contribution in [3.05, 3.63) is 54.6 Å². The molecule has 0 aliphatic heterocycles. The molecule has 132 valence electrons. The molecule has 0 atom stereocenters. The number of nitrogens with zero attached hydrogens (tertiary/aromatic N) is 1. The van der Waals surface area contributed by atoms with Gasteiger partial charge in [0.2, 0.25) is 0 Å². The lowest BCUT2D eigenvalue weighted by molar-refractivity contribution is 0.121. The summed E-state index contributed by atoms with van der Waals surface area (Å²) in [5.41, 5.74) is 0.888. The van der Waals surface area contributed by atoms with Gasteiger partial charge in [-0.2, -0.15) is 5.06 Å². The Bertz CT molecular complexity index is 691. The predicted molar refractivity (Wildman–Crippen MR) is 92.1 cm³/mol. The van der Waals surface area contributed by atoms with Crippen molar-refractivity contribution in [1.29, 1.82) is 0 Å². The zero-order chi connectivity index (χ0) is 18.1. The second-order valence-electron chi connectivity index (χ2n) is 4.87. The van der Waals surface area contributed by atoms with Crippen LogP contribution in [0.1, 0.15) is 0 Å². The summed E-state index contributed by atoms with van der Waals surface area (Å²) in [6.45, 7) is 0.00904. The maximum atomic E-state index is 11.7. The van der Waals surface area contributed by atoms with Crippen LogP contribution in [0.5, 0.6) is 5.75 Å². The van der Waals surface area contributed by atoms with Crippen LogP contribution in [0.15, 0.2) is 54.6 Å². The fraction of sp³-hybridized carbons (Fsp3) is 0.176. The van der Waals surface area contributed by atoms with Gasteiger partial charge in [-0.15, -0.1) is 0 Å². The molecule has 0 unspecified atom stereocenters. The predicted octanol–water partition coefficient (Wildman–Crippen LogP) is 2.85. The zero-order valence-electron chi connectivity index (χ0n) is 13.6. The standard InChI is InChI=1S/C17H19N3O5/c1-24-15-9-7-13(8-10-15)19-16(21)18-11-12-25-17(22)20(23)14-5-3-2-4-6-14/h2-10,23H,11-12H2,1H3,(H2,18,19,21). The van der Waals surface area contributed by atoms with Crippen molar-refractivity contribution >= 4 is 23.5 Å². The number of hydroxylamine groups is 1. The summed E-state index contributed by atoms with van der Waals surface area (Å²) in [7, 11) is 1.56. The summed E-state index contributed by atoms with van der Waals surface area (Å²) in [6.07, 6.45) is -0.927. The van der Waals surface area contributed by atoms with E-state index in [0.717, 1.165) is 0 Å². The highest BCUT2D eigenvalue weighted by atomic mass is 16.6. The van der Waals surface area contributed by atoms with Gasteiger partial charge in [0.15, 0.2) is 0 Å². The van der Waals surface area contributed by atoms with Gasteiger partial charge in [-0.3, -0.25) is 5.21 Å². The first-order valence-corrected chi connectivity index (χ1v) is 7.50. The Morgan fingerprint density at radius 3 is 2.40 bits per heavy atom. The van der Waals surface area contributed by atoms with E-state index in [4.69, 9.17) is 9.47 Å². The summed E-state index contributed by atoms with van der Waals surface area (Å²) in [5, 5.41) is 15.2. The van der Waals surface area contributed by atoms with Gasteiger partial charge in [0.25, 0.3) is 0 Å². The molecule has 2 aromatic rings. The van der Waals surface area contributed by atoms with E-state index in [2.05, 4.69) is 10.6 Å². The van der Waals surface area contributed by atoms with E-state index in [9.17, 15) is 14.8 Å². The quantitative estimate of drug-likeness (QED) is 0.425. The van der Waals surface area contributed by atoms with Crippen molar-refractivity contribution < 1.29 is 24.3 Å². The van der Waals surface area contributed by atoms with Crippen molar-refractivity contribution in [2.24, 2.45) is 0 Å². The number of carbonyl (C=O) groups is 2. The number of ether oxygens (including phenoxy) is 2. The van der Waals surface area contributed by atoms with E-state index in [0.29, 0.717) is 16.5 Å². The Kier molecular flexibility index (Phi) is 6.61. The lowest BCUT2D eigenvalue weighted by atomic mass is 10.3. The number of amides is 3. The van der Waals surface area contributed by atoms with Gasteiger partial charge in [0.05, 0.1) is 19.3 Å². The van der Waals surface area contributed by atoms with Crippen LogP contribution in [0.3, 0.4) is 0 Å². The molecule has 0 saturated carbocycles. The van der Waals surface area contributed by atoms with Crippen molar-refractivity contribution in [2.45, 2.75) is 0 Å². The fourth-order valence-corrected chi connectivity index (χ4v) is 1.89. The number of hydrogen-bond acceptors (Lipinski definition) is 5. The van der Waals surface area contributed by atoms with E-state index < -0.39 is 12.1 Å². The third-order valence-corrected chi connectivity index (χ3v) is 3.13. The Labute approximate surface area is 144 Å². The monoisotopic (exact) mass is 345 g/mol. The molecule has 3 amide bonds. The Balaban J connectivity index is 1.68. The zero-order valence-corrected chi connectivity index (χ0v) is 13.6. The minimum atomic E-state index is -0.927. The van der Waals surface area contributed by atoms with Gasteiger partial charge >= 0.3 is 12.1 Å². The summed E-state index contributed by atoms with van der Waals surface area (Å²) < 4.78 is 9.89. The summed E-state index contributed by atoms with van der Waals surface area (Å²) in [4.78, 5) is 23.4. The number of methoxy groups -OCH3 is 1. The summed E-state index contributed by atoms with van der Waals surface area (Å²) >= 11 is 0. The van der Waals surface area contributed by atoms with E-state index in [1.807, 2.05) is 0 Å². The van der Waals surface area contributed by atoms with Crippen LogP contribution in [0.2, 0.25) is 0 Å². The van der Waals surface area contributed by atoms with Crippen molar-refractivity contribution in [1.82, 2.24) is 5.32 Å². The number of hydrogen-bond donors (Lipinski definition) is 3. The number of urea groups is 1. The minimum absolute atomic E-state index is 0.0846. The second-order valence-corrected chi connectivity index (χ2v) is 4.87. The number of carbonyl (C=O) groups excluding carboxylic acids is 2. The van der Waals surface area contributed by atoms with Crippen LogP contribution in [-0.2, 0) is 4.74 Å². The van der Waals surface area contributed by atoms with Crippen LogP contribution in [-0.4, -0.2) is 37.6 Å². The highest BCUT2D eigenvalue weighted by Gasteiger charge is 2.14.